The summed E-state index contributed by atoms with van der Waals surface area (Å²) in [6, 6.07) is 14.6. The van der Waals surface area contributed by atoms with Crippen LogP contribution in [0.5, 0.6) is 0 Å². The molecule has 0 saturated carbocycles. The lowest BCUT2D eigenvalue weighted by Gasteiger charge is -2.08. The predicted octanol–water partition coefficient (Wildman–Crippen LogP) is 2.99. The minimum Gasteiger partial charge on any atom is -0.330 e. The lowest BCUT2D eigenvalue weighted by molar-refractivity contribution is 0.628. The second-order valence-corrected chi connectivity index (χ2v) is 3.70. The molecule has 0 bridgehead atoms. The first-order chi connectivity index (χ1) is 7.81. The Morgan fingerprint density at radius 1 is 0.938 bits per heavy atom. The van der Waals surface area contributed by atoms with Gasteiger partial charge in [0.25, 0.3) is 0 Å². The minimum atomic E-state index is -0.208. The summed E-state index contributed by atoms with van der Waals surface area (Å²) in [6.07, 6.45) is 0.841. The molecule has 0 aliphatic heterocycles. The zero-order valence-corrected chi connectivity index (χ0v) is 8.99. The molecule has 0 radical (unpaired) electrons. The topological polar surface area (TPSA) is 26.0 Å². The molecule has 0 saturated heterocycles. The molecule has 0 amide bonds. The molecule has 0 unspecified atom stereocenters. The van der Waals surface area contributed by atoms with Gasteiger partial charge in [0.1, 0.15) is 5.82 Å². The Bertz CT molecular complexity index is 462. The Morgan fingerprint density at radius 3 is 2.31 bits per heavy atom. The fourth-order valence-electron chi connectivity index (χ4n) is 1.80. The van der Waals surface area contributed by atoms with E-state index in [-0.39, 0.29) is 5.82 Å². The Kier molecular flexibility index (Phi) is 3.32. The summed E-state index contributed by atoms with van der Waals surface area (Å²) in [6.45, 7) is 0.623. The number of nitrogens with two attached hydrogens (primary N) is 1. The van der Waals surface area contributed by atoms with Gasteiger partial charge in [-0.25, -0.2) is 4.39 Å². The van der Waals surface area contributed by atoms with E-state index < -0.39 is 0 Å². The SMILES string of the molecule is NCCc1ccccc1-c1ccc(F)cc1. The van der Waals surface area contributed by atoms with E-state index in [1.165, 1.54) is 17.7 Å². The van der Waals surface area contributed by atoms with Crippen LogP contribution < -0.4 is 5.73 Å². The van der Waals surface area contributed by atoms with Gasteiger partial charge in [0.05, 0.1) is 0 Å². The number of halogens is 1. The molecular formula is C14H14FN. The van der Waals surface area contributed by atoms with Crippen LogP contribution in [0.3, 0.4) is 0 Å². The molecule has 0 atom stereocenters. The Labute approximate surface area is 94.7 Å². The third-order valence-corrected chi connectivity index (χ3v) is 2.59. The molecule has 0 aromatic heterocycles. The first-order valence-corrected chi connectivity index (χ1v) is 5.35. The van der Waals surface area contributed by atoms with Crippen molar-refractivity contribution in [3.05, 3.63) is 59.9 Å². The number of hydrogen-bond donors (Lipinski definition) is 1. The Hall–Kier alpha value is -1.67. The number of benzene rings is 2. The van der Waals surface area contributed by atoms with E-state index in [0.717, 1.165) is 17.5 Å². The predicted molar refractivity (Wildman–Crippen MR) is 64.6 cm³/mol. The van der Waals surface area contributed by atoms with Gasteiger partial charge in [-0.1, -0.05) is 36.4 Å². The van der Waals surface area contributed by atoms with Crippen LogP contribution >= 0.6 is 0 Å². The van der Waals surface area contributed by atoms with E-state index in [0.29, 0.717) is 6.54 Å². The van der Waals surface area contributed by atoms with Crippen LogP contribution in [0.2, 0.25) is 0 Å². The summed E-state index contributed by atoms with van der Waals surface area (Å²) in [7, 11) is 0. The fraction of sp³-hybridized carbons (Fsp3) is 0.143. The smallest absolute Gasteiger partial charge is 0.123 e. The van der Waals surface area contributed by atoms with Crippen molar-refractivity contribution in [2.75, 3.05) is 6.54 Å². The van der Waals surface area contributed by atoms with Gasteiger partial charge in [0.15, 0.2) is 0 Å². The summed E-state index contributed by atoms with van der Waals surface area (Å²) in [5.41, 5.74) is 8.94. The van der Waals surface area contributed by atoms with E-state index in [9.17, 15) is 4.39 Å². The van der Waals surface area contributed by atoms with Crippen LogP contribution in [-0.2, 0) is 6.42 Å². The molecule has 1 nitrogen and oxygen atoms in total. The molecule has 0 spiro atoms. The van der Waals surface area contributed by atoms with Crippen LogP contribution in [0.1, 0.15) is 5.56 Å². The van der Waals surface area contributed by atoms with Gasteiger partial charge in [-0.05, 0) is 41.8 Å². The zero-order valence-electron chi connectivity index (χ0n) is 8.99. The van der Waals surface area contributed by atoms with Gasteiger partial charge in [-0.15, -0.1) is 0 Å². The van der Waals surface area contributed by atoms with Gasteiger partial charge in [0.2, 0.25) is 0 Å². The Balaban J connectivity index is 2.42. The molecule has 16 heavy (non-hydrogen) atoms. The minimum absolute atomic E-state index is 0.208. The van der Waals surface area contributed by atoms with Crippen LogP contribution in [-0.4, -0.2) is 6.54 Å². The standard InChI is InChI=1S/C14H14FN/c15-13-7-5-12(6-8-13)14-4-2-1-3-11(14)9-10-16/h1-8H,9-10,16H2. The van der Waals surface area contributed by atoms with Crippen molar-refractivity contribution in [2.45, 2.75) is 6.42 Å². The average Bonchev–Trinajstić information content (AvgIpc) is 2.32. The van der Waals surface area contributed by atoms with E-state index in [2.05, 4.69) is 6.07 Å². The highest BCUT2D eigenvalue weighted by Crippen LogP contribution is 2.23. The third-order valence-electron chi connectivity index (χ3n) is 2.59. The lowest BCUT2D eigenvalue weighted by atomic mass is 9.98. The first kappa shape index (κ1) is 10.8. The third kappa shape index (κ3) is 2.28. The van der Waals surface area contributed by atoms with Crippen molar-refractivity contribution in [1.82, 2.24) is 0 Å². The summed E-state index contributed by atoms with van der Waals surface area (Å²) < 4.78 is 12.8. The Morgan fingerprint density at radius 2 is 1.62 bits per heavy atom. The monoisotopic (exact) mass is 215 g/mol. The number of rotatable bonds is 3. The molecule has 2 N–H and O–H groups in total. The summed E-state index contributed by atoms with van der Waals surface area (Å²) in [5, 5.41) is 0. The molecule has 2 heteroatoms. The second-order valence-electron chi connectivity index (χ2n) is 3.70. The molecule has 2 aromatic carbocycles. The first-order valence-electron chi connectivity index (χ1n) is 5.35. The summed E-state index contributed by atoms with van der Waals surface area (Å²) in [4.78, 5) is 0. The van der Waals surface area contributed by atoms with Gasteiger partial charge in [-0.3, -0.25) is 0 Å². The summed E-state index contributed by atoms with van der Waals surface area (Å²) in [5.74, 6) is -0.208. The molecular weight excluding hydrogens is 201 g/mol. The van der Waals surface area contributed by atoms with Gasteiger partial charge in [-0.2, -0.15) is 0 Å². The molecule has 82 valence electrons. The maximum Gasteiger partial charge on any atom is 0.123 e. The van der Waals surface area contributed by atoms with Crippen molar-refractivity contribution in [2.24, 2.45) is 5.73 Å². The van der Waals surface area contributed by atoms with Gasteiger partial charge in [0, 0.05) is 0 Å². The van der Waals surface area contributed by atoms with Gasteiger partial charge < -0.3 is 5.73 Å². The molecule has 0 heterocycles. The molecule has 0 aliphatic carbocycles. The maximum atomic E-state index is 12.8. The van der Waals surface area contributed by atoms with E-state index in [4.69, 9.17) is 5.73 Å². The number of hydrogen-bond acceptors (Lipinski definition) is 1. The highest BCUT2D eigenvalue weighted by Gasteiger charge is 2.03. The molecule has 0 fully saturated rings. The quantitative estimate of drug-likeness (QED) is 0.836. The average molecular weight is 215 g/mol. The van der Waals surface area contributed by atoms with E-state index in [1.807, 2.05) is 18.2 Å². The highest BCUT2D eigenvalue weighted by atomic mass is 19.1. The normalized spacial score (nSPS) is 10.4. The van der Waals surface area contributed by atoms with Crippen molar-refractivity contribution in [3.63, 3.8) is 0 Å². The van der Waals surface area contributed by atoms with Crippen molar-refractivity contribution in [3.8, 4) is 11.1 Å². The van der Waals surface area contributed by atoms with Crippen LogP contribution in [0.25, 0.3) is 11.1 Å². The molecule has 0 aliphatic rings. The largest absolute Gasteiger partial charge is 0.330 e. The van der Waals surface area contributed by atoms with Crippen molar-refractivity contribution < 1.29 is 4.39 Å². The maximum absolute atomic E-state index is 12.8. The molecule has 2 rings (SSSR count). The second kappa shape index (κ2) is 4.90. The zero-order chi connectivity index (χ0) is 11.4. The van der Waals surface area contributed by atoms with Gasteiger partial charge >= 0.3 is 0 Å². The van der Waals surface area contributed by atoms with Crippen LogP contribution in [0.4, 0.5) is 4.39 Å². The van der Waals surface area contributed by atoms with E-state index >= 15 is 0 Å². The van der Waals surface area contributed by atoms with Crippen LogP contribution in [0.15, 0.2) is 48.5 Å². The fourth-order valence-corrected chi connectivity index (χ4v) is 1.80. The summed E-state index contributed by atoms with van der Waals surface area (Å²) >= 11 is 0. The highest BCUT2D eigenvalue weighted by molar-refractivity contribution is 5.67. The van der Waals surface area contributed by atoms with Crippen molar-refractivity contribution in [1.29, 1.82) is 0 Å². The van der Waals surface area contributed by atoms with E-state index in [1.54, 1.807) is 12.1 Å². The van der Waals surface area contributed by atoms with Crippen molar-refractivity contribution >= 4 is 0 Å². The van der Waals surface area contributed by atoms with Crippen LogP contribution in [0, 0.1) is 5.82 Å². The molecule has 2 aromatic rings. The lowest BCUT2D eigenvalue weighted by Crippen LogP contribution is -2.03.